The number of hydrogen-bond acceptors (Lipinski definition) is 5. The van der Waals surface area contributed by atoms with Gasteiger partial charge in [0.05, 0.1) is 0 Å². The summed E-state index contributed by atoms with van der Waals surface area (Å²) in [5.41, 5.74) is -1.06. The van der Waals surface area contributed by atoms with Crippen LogP contribution in [-0.2, 0) is 14.4 Å². The molecule has 0 aliphatic heterocycles. The molecule has 4 N–H and O–H groups in total. The lowest BCUT2D eigenvalue weighted by Crippen LogP contribution is -2.32. The zero-order valence-electron chi connectivity index (χ0n) is 7.01. The lowest BCUT2D eigenvalue weighted by molar-refractivity contribution is -0.142. The van der Waals surface area contributed by atoms with Crippen LogP contribution in [0.4, 0.5) is 0 Å². The van der Waals surface area contributed by atoms with Crippen LogP contribution in [0.5, 0.6) is 0 Å². The van der Waals surface area contributed by atoms with Gasteiger partial charge in [0.1, 0.15) is 24.0 Å². The van der Waals surface area contributed by atoms with E-state index in [-0.39, 0.29) is 6.29 Å². The molecule has 0 amide bonds. The molecule has 14 heavy (non-hydrogen) atoms. The highest BCUT2D eigenvalue weighted by Gasteiger charge is 2.29. The maximum Gasteiger partial charge on any atom is 0.350 e. The Labute approximate surface area is 78.5 Å². The topological polar surface area (TPSA) is 136 Å². The van der Waals surface area contributed by atoms with E-state index in [4.69, 9.17) is 20.7 Å². The van der Waals surface area contributed by atoms with Gasteiger partial charge in [-0.05, 0) is 6.42 Å². The van der Waals surface area contributed by atoms with Crippen molar-refractivity contribution in [3.63, 3.8) is 0 Å². The third-order valence-electron chi connectivity index (χ3n) is 1.51. The Morgan fingerprint density at radius 1 is 1.36 bits per heavy atom. The van der Waals surface area contributed by atoms with E-state index in [0.717, 1.165) is 0 Å². The molecule has 78 valence electrons. The van der Waals surface area contributed by atoms with Crippen LogP contribution in [0.1, 0.15) is 6.42 Å². The summed E-state index contributed by atoms with van der Waals surface area (Å²) in [6.45, 7) is 0. The van der Waals surface area contributed by atoms with E-state index < -0.39 is 36.1 Å². The van der Waals surface area contributed by atoms with Crippen LogP contribution in [0.3, 0.4) is 0 Å². The monoisotopic (exact) mass is 203 g/mol. The van der Waals surface area contributed by atoms with Gasteiger partial charge in [-0.25, -0.2) is 4.79 Å². The Balaban J connectivity index is 4.61. The molecule has 0 saturated heterocycles. The van der Waals surface area contributed by atoms with Gasteiger partial charge in [0.2, 0.25) is 0 Å². The number of carbonyl (C=O) groups excluding carboxylic acids is 1. The highest BCUT2D eigenvalue weighted by Crippen LogP contribution is 2.08. The van der Waals surface area contributed by atoms with Gasteiger partial charge in [0, 0.05) is 0 Å². The van der Waals surface area contributed by atoms with Crippen molar-refractivity contribution in [2.75, 3.05) is 0 Å². The van der Waals surface area contributed by atoms with Crippen LogP contribution in [0, 0.1) is 11.3 Å². The lowest BCUT2D eigenvalue weighted by Gasteiger charge is -2.11. The predicted molar refractivity (Wildman–Crippen MR) is 43.2 cm³/mol. The standard InChI is InChI=1S/C7H9NO6/c8-5(7(13)14)4(6(11)12)1-3(10)2-9/h2-4,8,10H,1H2,(H,11,12)(H,13,14)/t3-,4-/m0/s1. The number of aliphatic hydroxyl groups excluding tert-OH is 1. The van der Waals surface area contributed by atoms with Crippen LogP contribution < -0.4 is 0 Å². The zero-order chi connectivity index (χ0) is 11.3. The van der Waals surface area contributed by atoms with Crippen molar-refractivity contribution in [1.82, 2.24) is 0 Å². The third kappa shape index (κ3) is 3.31. The summed E-state index contributed by atoms with van der Waals surface area (Å²) in [6.07, 6.45) is -2.09. The molecule has 0 heterocycles. The highest BCUT2D eigenvalue weighted by atomic mass is 16.4. The summed E-state index contributed by atoms with van der Waals surface area (Å²) < 4.78 is 0. The molecule has 0 bridgehead atoms. The fourth-order valence-corrected chi connectivity index (χ4v) is 0.788. The Hall–Kier alpha value is -1.76. The molecule has 0 saturated carbocycles. The van der Waals surface area contributed by atoms with Gasteiger partial charge in [-0.15, -0.1) is 0 Å². The van der Waals surface area contributed by atoms with Crippen molar-refractivity contribution in [3.8, 4) is 0 Å². The number of aliphatic carboxylic acids is 2. The second kappa shape index (κ2) is 5.07. The van der Waals surface area contributed by atoms with Crippen LogP contribution >= 0.6 is 0 Å². The summed E-state index contributed by atoms with van der Waals surface area (Å²) in [6, 6.07) is 0. The molecule has 0 rings (SSSR count). The van der Waals surface area contributed by atoms with Gasteiger partial charge < -0.3 is 20.1 Å². The Morgan fingerprint density at radius 2 is 1.86 bits per heavy atom. The van der Waals surface area contributed by atoms with Crippen LogP contribution in [-0.4, -0.2) is 45.4 Å². The molecule has 0 aromatic heterocycles. The molecule has 7 heteroatoms. The Bertz CT molecular complexity index is 273. The average molecular weight is 203 g/mol. The largest absolute Gasteiger partial charge is 0.481 e. The van der Waals surface area contributed by atoms with Crippen LogP contribution in [0.25, 0.3) is 0 Å². The van der Waals surface area contributed by atoms with Crippen molar-refractivity contribution in [3.05, 3.63) is 0 Å². The molecule has 0 aromatic rings. The van der Waals surface area contributed by atoms with Gasteiger partial charge >= 0.3 is 11.9 Å². The molecule has 0 radical (unpaired) electrons. The van der Waals surface area contributed by atoms with Crippen molar-refractivity contribution in [2.24, 2.45) is 5.92 Å². The second-order valence-electron chi connectivity index (χ2n) is 2.55. The third-order valence-corrected chi connectivity index (χ3v) is 1.51. The number of aliphatic hydroxyl groups is 1. The summed E-state index contributed by atoms with van der Waals surface area (Å²) in [5.74, 6) is -4.92. The minimum Gasteiger partial charge on any atom is -0.481 e. The minimum absolute atomic E-state index is 0.0884. The SMILES string of the molecule is N=C(C(=O)O)[C@H](C[C@H](O)C=O)C(=O)O. The fraction of sp³-hybridized carbons (Fsp3) is 0.429. The van der Waals surface area contributed by atoms with Crippen LogP contribution in [0.2, 0.25) is 0 Å². The van der Waals surface area contributed by atoms with Gasteiger partial charge in [-0.2, -0.15) is 0 Å². The van der Waals surface area contributed by atoms with E-state index in [0.29, 0.717) is 0 Å². The van der Waals surface area contributed by atoms with E-state index in [2.05, 4.69) is 0 Å². The minimum atomic E-state index is -1.68. The smallest absolute Gasteiger partial charge is 0.350 e. The Kier molecular flexibility index (Phi) is 4.44. The highest BCUT2D eigenvalue weighted by molar-refractivity contribution is 6.38. The van der Waals surface area contributed by atoms with Gasteiger partial charge in [-0.3, -0.25) is 10.2 Å². The summed E-state index contributed by atoms with van der Waals surface area (Å²) in [7, 11) is 0. The molecule has 0 aromatic carbocycles. The summed E-state index contributed by atoms with van der Waals surface area (Å²) in [4.78, 5) is 30.7. The zero-order valence-corrected chi connectivity index (χ0v) is 7.01. The van der Waals surface area contributed by atoms with Gasteiger partial charge in [0.15, 0.2) is 0 Å². The molecule has 7 nitrogen and oxygen atoms in total. The number of carboxylic acids is 2. The maximum atomic E-state index is 10.5. The lowest BCUT2D eigenvalue weighted by atomic mass is 9.97. The van der Waals surface area contributed by atoms with Crippen molar-refractivity contribution >= 4 is 23.9 Å². The molecule has 0 aliphatic rings. The van der Waals surface area contributed by atoms with Crippen molar-refractivity contribution < 1.29 is 29.7 Å². The molecule has 0 fully saturated rings. The molecule has 0 spiro atoms. The van der Waals surface area contributed by atoms with Crippen molar-refractivity contribution in [2.45, 2.75) is 12.5 Å². The maximum absolute atomic E-state index is 10.5. The number of aldehydes is 1. The molecule has 0 aliphatic carbocycles. The van der Waals surface area contributed by atoms with E-state index in [1.165, 1.54) is 0 Å². The first-order valence-electron chi connectivity index (χ1n) is 3.58. The first-order chi connectivity index (χ1) is 6.40. The quantitative estimate of drug-likeness (QED) is 0.314. The normalized spacial score (nSPS) is 14.1. The fourth-order valence-electron chi connectivity index (χ4n) is 0.788. The molecular weight excluding hydrogens is 194 g/mol. The first kappa shape index (κ1) is 12.2. The summed E-state index contributed by atoms with van der Waals surface area (Å²) in [5, 5.41) is 32.5. The number of rotatable bonds is 6. The summed E-state index contributed by atoms with van der Waals surface area (Å²) >= 11 is 0. The van der Waals surface area contributed by atoms with E-state index in [1.807, 2.05) is 0 Å². The molecular formula is C7H9NO6. The van der Waals surface area contributed by atoms with Gasteiger partial charge in [-0.1, -0.05) is 0 Å². The number of carboxylic acid groups (broad SMARTS) is 2. The Morgan fingerprint density at radius 3 is 2.14 bits per heavy atom. The average Bonchev–Trinajstić information content (AvgIpc) is 2.11. The number of hydrogen-bond donors (Lipinski definition) is 4. The number of carbonyl (C=O) groups is 3. The van der Waals surface area contributed by atoms with E-state index in [9.17, 15) is 14.4 Å². The van der Waals surface area contributed by atoms with Gasteiger partial charge in [0.25, 0.3) is 0 Å². The first-order valence-corrected chi connectivity index (χ1v) is 3.58. The number of nitrogens with one attached hydrogen (secondary N) is 1. The van der Waals surface area contributed by atoms with Crippen LogP contribution in [0.15, 0.2) is 0 Å². The molecule has 2 atom stereocenters. The van der Waals surface area contributed by atoms with Crippen molar-refractivity contribution in [1.29, 1.82) is 5.41 Å². The predicted octanol–water partition coefficient (Wildman–Crippen LogP) is -1.26. The van der Waals surface area contributed by atoms with E-state index >= 15 is 0 Å². The van der Waals surface area contributed by atoms with E-state index in [1.54, 1.807) is 0 Å². The second-order valence-corrected chi connectivity index (χ2v) is 2.55. The molecule has 0 unspecified atom stereocenters.